The molecule has 5 heteroatoms. The molecule has 0 aliphatic carbocycles. The number of furan rings is 1. The van der Waals surface area contributed by atoms with Gasteiger partial charge in [0, 0.05) is 18.8 Å². The van der Waals surface area contributed by atoms with Gasteiger partial charge >= 0.3 is 0 Å². The van der Waals surface area contributed by atoms with Gasteiger partial charge in [-0.15, -0.1) is 0 Å². The van der Waals surface area contributed by atoms with Crippen molar-refractivity contribution >= 4 is 22.4 Å². The second kappa shape index (κ2) is 8.56. The Kier molecular flexibility index (Phi) is 5.31. The number of hydrogen-bond acceptors (Lipinski definition) is 4. The molecule has 1 aromatic heterocycles. The van der Waals surface area contributed by atoms with Crippen LogP contribution in [0, 0.1) is 0 Å². The van der Waals surface area contributed by atoms with E-state index in [-0.39, 0.29) is 18.6 Å². The standard InChI is InChI=1S/C26H24N2O3/c29-26(18-31-22-12-11-19-6-1-2-8-21(19)16-22)27-17-24(25-10-5-15-30-25)28-14-13-20-7-3-4-9-23(20)28/h1-12,15-16,24H,13-14,17-18H2,(H,27,29). The Morgan fingerprint density at radius 1 is 1.00 bits per heavy atom. The summed E-state index contributed by atoms with van der Waals surface area (Å²) < 4.78 is 11.4. The van der Waals surface area contributed by atoms with Gasteiger partial charge in [-0.2, -0.15) is 0 Å². The van der Waals surface area contributed by atoms with Crippen molar-refractivity contribution in [3.63, 3.8) is 0 Å². The van der Waals surface area contributed by atoms with E-state index in [0.29, 0.717) is 12.3 Å². The number of benzene rings is 3. The summed E-state index contributed by atoms with van der Waals surface area (Å²) in [6, 6.07) is 26.1. The van der Waals surface area contributed by atoms with Crippen molar-refractivity contribution in [3.05, 3.63) is 96.4 Å². The summed E-state index contributed by atoms with van der Waals surface area (Å²) in [5.74, 6) is 1.37. The van der Waals surface area contributed by atoms with Crippen LogP contribution in [-0.4, -0.2) is 25.6 Å². The van der Waals surface area contributed by atoms with Crippen LogP contribution in [0.2, 0.25) is 0 Å². The van der Waals surface area contributed by atoms with E-state index in [1.807, 2.05) is 54.6 Å². The average molecular weight is 412 g/mol. The van der Waals surface area contributed by atoms with Gasteiger partial charge in [0.25, 0.3) is 5.91 Å². The summed E-state index contributed by atoms with van der Waals surface area (Å²) in [6.07, 6.45) is 2.67. The maximum absolute atomic E-state index is 12.5. The molecule has 0 saturated heterocycles. The fourth-order valence-electron chi connectivity index (χ4n) is 4.20. The van der Waals surface area contributed by atoms with Gasteiger partial charge in [-0.3, -0.25) is 4.79 Å². The number of nitrogens with one attached hydrogen (secondary N) is 1. The van der Waals surface area contributed by atoms with Crippen molar-refractivity contribution < 1.29 is 13.9 Å². The van der Waals surface area contributed by atoms with Crippen LogP contribution in [0.3, 0.4) is 0 Å². The third-order valence-corrected chi connectivity index (χ3v) is 5.75. The van der Waals surface area contributed by atoms with Crippen LogP contribution in [0.5, 0.6) is 5.75 Å². The summed E-state index contributed by atoms with van der Waals surface area (Å²) >= 11 is 0. The van der Waals surface area contributed by atoms with E-state index in [2.05, 4.69) is 34.5 Å². The molecule has 0 saturated carbocycles. The number of carbonyl (C=O) groups is 1. The number of nitrogens with zero attached hydrogens (tertiary/aromatic N) is 1. The van der Waals surface area contributed by atoms with E-state index < -0.39 is 0 Å². The zero-order valence-corrected chi connectivity index (χ0v) is 17.2. The normalized spacial score (nSPS) is 13.7. The molecule has 0 bridgehead atoms. The molecule has 156 valence electrons. The third kappa shape index (κ3) is 4.12. The summed E-state index contributed by atoms with van der Waals surface area (Å²) in [7, 11) is 0. The molecule has 5 nitrogen and oxygen atoms in total. The first-order chi connectivity index (χ1) is 15.3. The van der Waals surface area contributed by atoms with Gasteiger partial charge in [0.1, 0.15) is 17.6 Å². The lowest BCUT2D eigenvalue weighted by molar-refractivity contribution is -0.123. The van der Waals surface area contributed by atoms with Crippen molar-refractivity contribution in [3.8, 4) is 5.75 Å². The molecule has 5 rings (SSSR count). The maximum Gasteiger partial charge on any atom is 0.258 e. The lowest BCUT2D eigenvalue weighted by Crippen LogP contribution is -2.39. The summed E-state index contributed by atoms with van der Waals surface area (Å²) in [5.41, 5.74) is 2.52. The van der Waals surface area contributed by atoms with Crippen molar-refractivity contribution in [1.29, 1.82) is 0 Å². The number of rotatable bonds is 7. The molecule has 2 heterocycles. The van der Waals surface area contributed by atoms with Gasteiger partial charge < -0.3 is 19.4 Å². The maximum atomic E-state index is 12.5. The number of ether oxygens (including phenoxy) is 1. The van der Waals surface area contributed by atoms with Crippen LogP contribution in [0.1, 0.15) is 17.4 Å². The molecule has 1 unspecified atom stereocenters. The molecule has 1 aliphatic heterocycles. The zero-order valence-electron chi connectivity index (χ0n) is 17.2. The Hall–Kier alpha value is -3.73. The molecule has 31 heavy (non-hydrogen) atoms. The van der Waals surface area contributed by atoms with E-state index in [0.717, 1.165) is 29.5 Å². The highest BCUT2D eigenvalue weighted by Gasteiger charge is 2.29. The third-order valence-electron chi connectivity index (χ3n) is 5.75. The Balaban J connectivity index is 1.23. The fourth-order valence-corrected chi connectivity index (χ4v) is 4.20. The van der Waals surface area contributed by atoms with Crippen molar-refractivity contribution in [1.82, 2.24) is 5.32 Å². The number of anilines is 1. The second-order valence-electron chi connectivity index (χ2n) is 7.71. The quantitative estimate of drug-likeness (QED) is 0.477. The Bertz CT molecular complexity index is 1190. The molecular weight excluding hydrogens is 388 g/mol. The predicted molar refractivity (Wildman–Crippen MR) is 121 cm³/mol. The van der Waals surface area contributed by atoms with E-state index in [9.17, 15) is 4.79 Å². The van der Waals surface area contributed by atoms with Crippen LogP contribution in [0.4, 0.5) is 5.69 Å². The van der Waals surface area contributed by atoms with Crippen LogP contribution in [-0.2, 0) is 11.2 Å². The SMILES string of the molecule is O=C(COc1ccc2ccccc2c1)NCC(c1ccco1)N1CCc2ccccc21. The lowest BCUT2D eigenvalue weighted by atomic mass is 10.1. The van der Waals surface area contributed by atoms with Crippen molar-refractivity contribution in [2.45, 2.75) is 12.5 Å². The highest BCUT2D eigenvalue weighted by Crippen LogP contribution is 2.35. The first kappa shape index (κ1) is 19.2. The Labute approximate surface area is 181 Å². The second-order valence-corrected chi connectivity index (χ2v) is 7.71. The molecule has 0 radical (unpaired) electrons. The minimum atomic E-state index is -0.155. The molecule has 0 fully saturated rings. The largest absolute Gasteiger partial charge is 0.484 e. The Morgan fingerprint density at radius 3 is 2.71 bits per heavy atom. The molecule has 1 N–H and O–H groups in total. The number of hydrogen-bond donors (Lipinski definition) is 1. The molecule has 1 aliphatic rings. The number of carbonyl (C=O) groups excluding carboxylic acids is 1. The van der Waals surface area contributed by atoms with Gasteiger partial charge in [0.05, 0.1) is 6.26 Å². The van der Waals surface area contributed by atoms with Crippen molar-refractivity contribution in [2.75, 3.05) is 24.6 Å². The smallest absolute Gasteiger partial charge is 0.258 e. The van der Waals surface area contributed by atoms with Crippen LogP contribution in [0.25, 0.3) is 10.8 Å². The fraction of sp³-hybridized carbons (Fsp3) is 0.192. The molecule has 4 aromatic rings. The minimum absolute atomic E-state index is 0.0280. The van der Waals surface area contributed by atoms with E-state index in [1.54, 1.807) is 6.26 Å². The number of fused-ring (bicyclic) bond motifs is 2. The summed E-state index contributed by atoms with van der Waals surface area (Å²) in [5, 5.41) is 5.25. The molecular formula is C26H24N2O3. The number of para-hydroxylation sites is 1. The lowest BCUT2D eigenvalue weighted by Gasteiger charge is -2.29. The van der Waals surface area contributed by atoms with Gasteiger partial charge in [-0.05, 0) is 53.1 Å². The summed E-state index contributed by atoms with van der Waals surface area (Å²) in [6.45, 7) is 1.32. The van der Waals surface area contributed by atoms with Gasteiger partial charge in [-0.1, -0.05) is 48.5 Å². The molecule has 0 spiro atoms. The topological polar surface area (TPSA) is 54.7 Å². The minimum Gasteiger partial charge on any atom is -0.484 e. The Morgan fingerprint density at radius 2 is 1.84 bits per heavy atom. The predicted octanol–water partition coefficient (Wildman–Crippen LogP) is 4.73. The van der Waals surface area contributed by atoms with Crippen LogP contribution >= 0.6 is 0 Å². The van der Waals surface area contributed by atoms with Gasteiger partial charge in [-0.25, -0.2) is 0 Å². The van der Waals surface area contributed by atoms with Gasteiger partial charge in [0.2, 0.25) is 0 Å². The van der Waals surface area contributed by atoms with Gasteiger partial charge in [0.15, 0.2) is 6.61 Å². The van der Waals surface area contributed by atoms with E-state index in [1.165, 1.54) is 11.3 Å². The first-order valence-corrected chi connectivity index (χ1v) is 10.5. The highest BCUT2D eigenvalue weighted by atomic mass is 16.5. The van der Waals surface area contributed by atoms with Crippen molar-refractivity contribution in [2.24, 2.45) is 0 Å². The van der Waals surface area contributed by atoms with E-state index in [4.69, 9.17) is 9.15 Å². The summed E-state index contributed by atoms with van der Waals surface area (Å²) in [4.78, 5) is 14.8. The molecule has 1 amide bonds. The van der Waals surface area contributed by atoms with E-state index >= 15 is 0 Å². The average Bonchev–Trinajstić information content (AvgIpc) is 3.49. The van der Waals surface area contributed by atoms with Crippen LogP contribution < -0.4 is 15.0 Å². The zero-order chi connectivity index (χ0) is 21.0. The molecule has 1 atom stereocenters. The van der Waals surface area contributed by atoms with Crippen LogP contribution in [0.15, 0.2) is 89.5 Å². The molecule has 3 aromatic carbocycles. The first-order valence-electron chi connectivity index (χ1n) is 10.5. The monoisotopic (exact) mass is 412 g/mol. The highest BCUT2D eigenvalue weighted by molar-refractivity contribution is 5.84. The number of amides is 1.